The lowest BCUT2D eigenvalue weighted by atomic mass is 9.90. The van der Waals surface area contributed by atoms with E-state index in [0.717, 1.165) is 13.2 Å². The molecule has 1 rings (SSSR count). The molecule has 1 aliphatic carbocycles. The number of allylic oxidation sites excluding steroid dienone is 2. The molecule has 1 N–H and O–H groups in total. The fourth-order valence-corrected chi connectivity index (χ4v) is 1.51. The zero-order valence-corrected chi connectivity index (χ0v) is 9.63. The van der Waals surface area contributed by atoms with Crippen LogP contribution in [0, 0.1) is 5.41 Å². The molecule has 2 heteroatoms. The van der Waals surface area contributed by atoms with Crippen LogP contribution in [0.1, 0.15) is 20.8 Å². The first-order chi connectivity index (χ1) is 6.47. The van der Waals surface area contributed by atoms with Crippen LogP contribution < -0.4 is 5.32 Å². The topological polar surface area (TPSA) is 21.3 Å². The molecule has 0 unspecified atom stereocenters. The highest BCUT2D eigenvalue weighted by molar-refractivity contribution is 5.26. The first-order valence-electron chi connectivity index (χ1n) is 5.08. The van der Waals surface area contributed by atoms with Gasteiger partial charge in [-0.1, -0.05) is 24.3 Å². The van der Waals surface area contributed by atoms with Crippen LogP contribution in [0.4, 0.5) is 0 Å². The lowest BCUT2D eigenvalue weighted by Crippen LogP contribution is -2.43. The summed E-state index contributed by atoms with van der Waals surface area (Å²) in [6.07, 6.45) is 8.58. The molecule has 0 aliphatic heterocycles. The molecular weight excluding hydrogens is 174 g/mol. The molecule has 0 aromatic carbocycles. The molecule has 0 spiro atoms. The Morgan fingerprint density at radius 2 is 1.79 bits per heavy atom. The van der Waals surface area contributed by atoms with Crippen LogP contribution >= 0.6 is 0 Å². The summed E-state index contributed by atoms with van der Waals surface area (Å²) in [5.41, 5.74) is 0.215. The maximum Gasteiger partial charge on any atom is 0.0600 e. The maximum atomic E-state index is 5.25. The average Bonchev–Trinajstić information content (AvgIpc) is 2.50. The van der Waals surface area contributed by atoms with Crippen LogP contribution in [-0.2, 0) is 4.74 Å². The summed E-state index contributed by atoms with van der Waals surface area (Å²) in [6.45, 7) is 8.20. The predicted octanol–water partition coefficient (Wildman–Crippen LogP) is 2.13. The van der Waals surface area contributed by atoms with E-state index >= 15 is 0 Å². The summed E-state index contributed by atoms with van der Waals surface area (Å²) in [5, 5.41) is 3.51. The van der Waals surface area contributed by atoms with Crippen LogP contribution in [0.25, 0.3) is 0 Å². The van der Waals surface area contributed by atoms with Gasteiger partial charge in [0.15, 0.2) is 0 Å². The van der Waals surface area contributed by atoms with Gasteiger partial charge >= 0.3 is 0 Å². The summed E-state index contributed by atoms with van der Waals surface area (Å²) in [5.74, 6) is 0. The molecule has 80 valence electrons. The van der Waals surface area contributed by atoms with Gasteiger partial charge in [0.1, 0.15) is 0 Å². The van der Waals surface area contributed by atoms with Crippen molar-refractivity contribution in [3.8, 4) is 0 Å². The van der Waals surface area contributed by atoms with Crippen molar-refractivity contribution in [1.29, 1.82) is 0 Å². The van der Waals surface area contributed by atoms with Crippen LogP contribution in [0.5, 0.6) is 0 Å². The van der Waals surface area contributed by atoms with Crippen molar-refractivity contribution in [1.82, 2.24) is 5.32 Å². The molecule has 0 aromatic rings. The predicted molar refractivity (Wildman–Crippen MR) is 60.3 cm³/mol. The summed E-state index contributed by atoms with van der Waals surface area (Å²) in [6, 6.07) is 0. The normalized spacial score (nSPS) is 19.1. The van der Waals surface area contributed by atoms with Crippen LogP contribution in [0.3, 0.4) is 0 Å². The van der Waals surface area contributed by atoms with Gasteiger partial charge in [0, 0.05) is 24.6 Å². The summed E-state index contributed by atoms with van der Waals surface area (Å²) >= 11 is 0. The highest BCUT2D eigenvalue weighted by atomic mass is 16.5. The Kier molecular flexibility index (Phi) is 3.51. The van der Waals surface area contributed by atoms with Gasteiger partial charge in [0.05, 0.1) is 6.61 Å². The van der Waals surface area contributed by atoms with Gasteiger partial charge in [0.2, 0.25) is 0 Å². The number of hydrogen-bond acceptors (Lipinski definition) is 2. The fourth-order valence-electron chi connectivity index (χ4n) is 1.51. The number of nitrogens with one attached hydrogen (secondary N) is 1. The van der Waals surface area contributed by atoms with Crippen molar-refractivity contribution >= 4 is 0 Å². The van der Waals surface area contributed by atoms with Crippen molar-refractivity contribution in [3.05, 3.63) is 24.3 Å². The first kappa shape index (κ1) is 11.5. The molecule has 1 aliphatic rings. The van der Waals surface area contributed by atoms with Gasteiger partial charge in [0.25, 0.3) is 0 Å². The van der Waals surface area contributed by atoms with E-state index in [4.69, 9.17) is 4.74 Å². The first-order valence-corrected chi connectivity index (χ1v) is 5.08. The van der Waals surface area contributed by atoms with Gasteiger partial charge in [-0.15, -0.1) is 0 Å². The molecule has 0 saturated carbocycles. The molecular formula is C12H21NO. The van der Waals surface area contributed by atoms with E-state index in [0.29, 0.717) is 0 Å². The molecule has 2 nitrogen and oxygen atoms in total. The maximum absolute atomic E-state index is 5.25. The van der Waals surface area contributed by atoms with E-state index in [1.165, 1.54) is 0 Å². The van der Waals surface area contributed by atoms with Crippen LogP contribution in [0.15, 0.2) is 24.3 Å². The third kappa shape index (κ3) is 3.28. The van der Waals surface area contributed by atoms with Gasteiger partial charge in [-0.2, -0.15) is 0 Å². The van der Waals surface area contributed by atoms with Crippen molar-refractivity contribution in [2.45, 2.75) is 26.3 Å². The molecule has 14 heavy (non-hydrogen) atoms. The Morgan fingerprint density at radius 1 is 1.21 bits per heavy atom. The van der Waals surface area contributed by atoms with E-state index in [2.05, 4.69) is 50.4 Å². The monoisotopic (exact) mass is 195 g/mol. The second kappa shape index (κ2) is 4.28. The number of hydrogen-bond donors (Lipinski definition) is 1. The minimum absolute atomic E-state index is 0.0576. The largest absolute Gasteiger partial charge is 0.383 e. The van der Waals surface area contributed by atoms with E-state index < -0.39 is 0 Å². The Bertz CT molecular complexity index is 223. The van der Waals surface area contributed by atoms with E-state index in [1.807, 2.05) is 0 Å². The molecule has 0 aromatic heterocycles. The lowest BCUT2D eigenvalue weighted by molar-refractivity contribution is 0.133. The molecule has 0 amide bonds. The Labute approximate surface area is 87.0 Å². The second-order valence-corrected chi connectivity index (χ2v) is 4.99. The van der Waals surface area contributed by atoms with Gasteiger partial charge in [-0.25, -0.2) is 0 Å². The SMILES string of the molecule is COCC1(CNC(C)(C)C)C=CC=C1. The van der Waals surface area contributed by atoms with Crippen molar-refractivity contribution in [2.75, 3.05) is 20.3 Å². The summed E-state index contributed by atoms with van der Waals surface area (Å²) in [4.78, 5) is 0. The van der Waals surface area contributed by atoms with Gasteiger partial charge in [-0.05, 0) is 20.8 Å². The van der Waals surface area contributed by atoms with E-state index in [9.17, 15) is 0 Å². The third-order valence-corrected chi connectivity index (χ3v) is 2.33. The fraction of sp³-hybridized carbons (Fsp3) is 0.667. The van der Waals surface area contributed by atoms with Crippen LogP contribution in [-0.4, -0.2) is 25.8 Å². The zero-order chi connectivity index (χ0) is 10.7. The Morgan fingerprint density at radius 3 is 2.21 bits per heavy atom. The third-order valence-electron chi connectivity index (χ3n) is 2.33. The Balaban J connectivity index is 2.53. The Hall–Kier alpha value is -0.600. The molecule has 0 heterocycles. The number of methoxy groups -OCH3 is 1. The molecule has 0 radical (unpaired) electrons. The molecule has 0 saturated heterocycles. The second-order valence-electron chi connectivity index (χ2n) is 4.99. The average molecular weight is 195 g/mol. The van der Waals surface area contributed by atoms with Gasteiger partial charge in [-0.3, -0.25) is 0 Å². The number of rotatable bonds is 4. The van der Waals surface area contributed by atoms with Crippen molar-refractivity contribution < 1.29 is 4.74 Å². The molecule has 0 atom stereocenters. The van der Waals surface area contributed by atoms with Gasteiger partial charge < -0.3 is 10.1 Å². The molecule has 0 fully saturated rings. The summed E-state index contributed by atoms with van der Waals surface area (Å²) in [7, 11) is 1.75. The van der Waals surface area contributed by atoms with E-state index in [-0.39, 0.29) is 11.0 Å². The zero-order valence-electron chi connectivity index (χ0n) is 9.63. The summed E-state index contributed by atoms with van der Waals surface area (Å²) < 4.78 is 5.25. The van der Waals surface area contributed by atoms with Crippen LogP contribution in [0.2, 0.25) is 0 Å². The quantitative estimate of drug-likeness (QED) is 0.742. The standard InChI is InChI=1S/C12H21NO/c1-11(2,3)13-9-12(10-14-4)7-5-6-8-12/h5-8,13H,9-10H2,1-4H3. The van der Waals surface area contributed by atoms with Crippen molar-refractivity contribution in [2.24, 2.45) is 5.41 Å². The number of ether oxygens (including phenoxy) is 1. The minimum atomic E-state index is 0.0576. The van der Waals surface area contributed by atoms with Crippen molar-refractivity contribution in [3.63, 3.8) is 0 Å². The smallest absolute Gasteiger partial charge is 0.0600 e. The lowest BCUT2D eigenvalue weighted by Gasteiger charge is -2.30. The molecule has 0 bridgehead atoms. The highest BCUT2D eigenvalue weighted by Gasteiger charge is 2.27. The minimum Gasteiger partial charge on any atom is -0.383 e. The van der Waals surface area contributed by atoms with E-state index in [1.54, 1.807) is 7.11 Å². The highest BCUT2D eigenvalue weighted by Crippen LogP contribution is 2.26.